The highest BCUT2D eigenvalue weighted by atomic mass is 19.3. The van der Waals surface area contributed by atoms with Crippen LogP contribution in [-0.4, -0.2) is 53.3 Å². The number of aromatic nitrogens is 2. The number of aryl methyl sites for hydroxylation is 1. The Kier molecular flexibility index (Phi) is 5.13. The van der Waals surface area contributed by atoms with E-state index < -0.39 is 12.5 Å². The molecule has 1 spiro atoms. The van der Waals surface area contributed by atoms with E-state index in [1.54, 1.807) is 47.4 Å². The van der Waals surface area contributed by atoms with Gasteiger partial charge in [0.05, 0.1) is 42.5 Å². The van der Waals surface area contributed by atoms with Crippen molar-refractivity contribution in [3.63, 3.8) is 0 Å². The minimum absolute atomic E-state index is 0.141. The van der Waals surface area contributed by atoms with Gasteiger partial charge in [0.1, 0.15) is 12.4 Å². The number of hydrogen-bond acceptors (Lipinski definition) is 6. The summed E-state index contributed by atoms with van der Waals surface area (Å²) >= 11 is 0. The Hall–Kier alpha value is -3.79. The molecule has 0 bridgehead atoms. The minimum Gasteiger partial charge on any atom is -0.484 e. The van der Waals surface area contributed by atoms with E-state index in [0.29, 0.717) is 49.9 Å². The molecule has 0 saturated carbocycles. The molecule has 0 amide bonds. The number of halogens is 3. The molecule has 2 fully saturated rings. The van der Waals surface area contributed by atoms with Gasteiger partial charge >= 0.3 is 5.92 Å². The molecule has 7 nitrogen and oxygen atoms in total. The van der Waals surface area contributed by atoms with Gasteiger partial charge in [0.15, 0.2) is 18.2 Å². The van der Waals surface area contributed by atoms with Crippen molar-refractivity contribution in [2.24, 2.45) is 10.6 Å². The summed E-state index contributed by atoms with van der Waals surface area (Å²) in [7, 11) is 0. The Labute approximate surface area is 217 Å². The Morgan fingerprint density at radius 3 is 2.61 bits per heavy atom. The number of hydrogen-bond donors (Lipinski definition) is 0. The Morgan fingerprint density at radius 2 is 1.89 bits per heavy atom. The van der Waals surface area contributed by atoms with Gasteiger partial charge in [-0.1, -0.05) is 23.4 Å². The van der Waals surface area contributed by atoms with E-state index in [1.807, 2.05) is 6.92 Å². The summed E-state index contributed by atoms with van der Waals surface area (Å²) in [4.78, 5) is 12.0. The Bertz CT molecular complexity index is 1480. The zero-order valence-corrected chi connectivity index (χ0v) is 20.7. The van der Waals surface area contributed by atoms with Crippen LogP contribution in [0.25, 0.3) is 11.8 Å². The van der Waals surface area contributed by atoms with Gasteiger partial charge in [-0.05, 0) is 54.3 Å². The fourth-order valence-electron chi connectivity index (χ4n) is 5.86. The molecule has 0 N–H and O–H groups in total. The van der Waals surface area contributed by atoms with Crippen LogP contribution >= 0.6 is 0 Å². The second kappa shape index (κ2) is 8.36. The maximum Gasteiger partial charge on any atom is 0.310 e. The summed E-state index contributed by atoms with van der Waals surface area (Å²) in [5, 5.41) is 4.37. The van der Waals surface area contributed by atoms with Gasteiger partial charge in [-0.3, -0.25) is 0 Å². The van der Waals surface area contributed by atoms with E-state index in [2.05, 4.69) is 15.0 Å². The first kappa shape index (κ1) is 23.3. The molecule has 5 heterocycles. The Balaban J connectivity index is 1.33. The van der Waals surface area contributed by atoms with E-state index in [-0.39, 0.29) is 28.6 Å². The van der Waals surface area contributed by atoms with E-state index in [0.717, 1.165) is 16.8 Å². The van der Waals surface area contributed by atoms with Crippen LogP contribution in [0.3, 0.4) is 0 Å². The largest absolute Gasteiger partial charge is 0.484 e. The monoisotopic (exact) mass is 522 g/mol. The van der Waals surface area contributed by atoms with Crippen molar-refractivity contribution in [3.05, 3.63) is 82.7 Å². The molecule has 10 heteroatoms. The van der Waals surface area contributed by atoms with Crippen LogP contribution in [0.1, 0.15) is 34.8 Å². The van der Waals surface area contributed by atoms with Gasteiger partial charge in [0, 0.05) is 18.2 Å². The van der Waals surface area contributed by atoms with Crippen LogP contribution in [0.2, 0.25) is 0 Å². The molecule has 38 heavy (non-hydrogen) atoms. The molecule has 1 unspecified atom stereocenters. The second-order valence-corrected chi connectivity index (χ2v) is 10.5. The fraction of sp³-hybridized carbons (Fsp3) is 0.357. The normalized spacial score (nSPS) is 23.8. The van der Waals surface area contributed by atoms with Gasteiger partial charge in [-0.25, -0.2) is 9.37 Å². The topological polar surface area (TPSA) is 61.1 Å². The maximum absolute atomic E-state index is 15.2. The lowest BCUT2D eigenvalue weighted by molar-refractivity contribution is -0.131. The molecule has 3 aromatic rings. The van der Waals surface area contributed by atoms with E-state index >= 15 is 8.78 Å². The molecule has 4 aliphatic heterocycles. The highest BCUT2D eigenvalue weighted by molar-refractivity contribution is 6.03. The number of piperidine rings is 1. The first-order chi connectivity index (χ1) is 18.3. The van der Waals surface area contributed by atoms with Crippen LogP contribution in [0.5, 0.6) is 5.75 Å². The molecule has 7 rings (SSSR count). The lowest BCUT2D eigenvalue weighted by Crippen LogP contribution is -2.58. The molecule has 2 saturated heterocycles. The minimum atomic E-state index is -3.15. The smallest absolute Gasteiger partial charge is 0.310 e. The highest BCUT2D eigenvalue weighted by Gasteiger charge is 2.50. The van der Waals surface area contributed by atoms with Gasteiger partial charge < -0.3 is 23.8 Å². The predicted molar refractivity (Wildman–Crippen MR) is 133 cm³/mol. The third-order valence-corrected chi connectivity index (χ3v) is 7.71. The van der Waals surface area contributed by atoms with Crippen LogP contribution in [0.4, 0.5) is 13.2 Å². The van der Waals surface area contributed by atoms with Crippen molar-refractivity contribution in [3.8, 4) is 11.4 Å². The highest BCUT2D eigenvalue weighted by Crippen LogP contribution is 2.49. The number of alkyl halides is 2. The van der Waals surface area contributed by atoms with Crippen molar-refractivity contribution in [2.75, 3.05) is 33.0 Å². The van der Waals surface area contributed by atoms with Crippen LogP contribution < -0.4 is 4.74 Å². The molecular formula is C28H25F3N4O3. The van der Waals surface area contributed by atoms with Crippen molar-refractivity contribution >= 4 is 11.9 Å². The van der Waals surface area contributed by atoms with E-state index in [1.165, 1.54) is 12.1 Å². The van der Waals surface area contributed by atoms with Crippen molar-refractivity contribution in [1.29, 1.82) is 0 Å². The number of fused-ring (bicyclic) bond motifs is 2. The molecule has 196 valence electrons. The number of imidazole rings is 1. The predicted octanol–water partition coefficient (Wildman–Crippen LogP) is 4.99. The molecule has 1 aromatic heterocycles. The summed E-state index contributed by atoms with van der Waals surface area (Å²) in [6.07, 6.45) is 5.76. The lowest BCUT2D eigenvalue weighted by atomic mass is 9.74. The Morgan fingerprint density at radius 1 is 1.08 bits per heavy atom. The molecule has 1 atom stereocenters. The average molecular weight is 523 g/mol. The standard InChI is InChI=1S/C28H25F3N4O3/c1-17-10-34(16-32-17)22-7-4-19(24-25(22)37-15-28(24,30)31)8-20-9-27(13-36-14-27)12-35-23(11-38-33-26(20)35)18-2-5-21(29)6-3-18/h2-8,10,16,23H,9,11-15H2,1H3. The third kappa shape index (κ3) is 3.69. The summed E-state index contributed by atoms with van der Waals surface area (Å²) in [6.45, 7) is 3.25. The maximum atomic E-state index is 15.2. The number of oxime groups is 1. The SMILES string of the molecule is Cc1cn(-c2ccc(C=C3CC4(COC4)CN4C3=NOCC4c3ccc(F)cc3)c3c2OCC3(F)F)cn1. The second-order valence-electron chi connectivity index (χ2n) is 10.5. The lowest BCUT2D eigenvalue weighted by Gasteiger charge is -2.52. The summed E-state index contributed by atoms with van der Waals surface area (Å²) in [5.74, 6) is -2.70. The zero-order valence-electron chi connectivity index (χ0n) is 20.7. The van der Waals surface area contributed by atoms with Crippen molar-refractivity contribution in [1.82, 2.24) is 14.5 Å². The number of rotatable bonds is 3. The quantitative estimate of drug-likeness (QED) is 0.485. The molecule has 2 aromatic carbocycles. The molecule has 4 aliphatic rings. The van der Waals surface area contributed by atoms with E-state index in [9.17, 15) is 4.39 Å². The molecular weight excluding hydrogens is 497 g/mol. The first-order valence-electron chi connectivity index (χ1n) is 12.5. The van der Waals surface area contributed by atoms with Gasteiger partial charge in [-0.2, -0.15) is 8.78 Å². The van der Waals surface area contributed by atoms with Crippen molar-refractivity contribution in [2.45, 2.75) is 25.3 Å². The number of ether oxygens (including phenoxy) is 2. The van der Waals surface area contributed by atoms with Crippen LogP contribution in [0, 0.1) is 18.2 Å². The van der Waals surface area contributed by atoms with E-state index in [4.69, 9.17) is 14.3 Å². The zero-order chi connectivity index (χ0) is 26.1. The van der Waals surface area contributed by atoms with Crippen molar-refractivity contribution < 1.29 is 27.5 Å². The number of benzene rings is 2. The van der Waals surface area contributed by atoms with Gasteiger partial charge in [-0.15, -0.1) is 0 Å². The summed E-state index contributed by atoms with van der Waals surface area (Å²) in [5.41, 5.74) is 3.06. The number of amidine groups is 1. The first-order valence-corrected chi connectivity index (χ1v) is 12.5. The molecule has 0 aliphatic carbocycles. The van der Waals surface area contributed by atoms with Crippen LogP contribution in [-0.2, 0) is 15.5 Å². The summed E-state index contributed by atoms with van der Waals surface area (Å²) < 4.78 is 56.9. The summed E-state index contributed by atoms with van der Waals surface area (Å²) in [6, 6.07) is 9.63. The van der Waals surface area contributed by atoms with Crippen LogP contribution in [0.15, 0.2) is 59.7 Å². The van der Waals surface area contributed by atoms with Gasteiger partial charge in [0.2, 0.25) is 0 Å². The fourth-order valence-corrected chi connectivity index (χ4v) is 5.86. The average Bonchev–Trinajstić information content (AvgIpc) is 3.46. The molecule has 0 radical (unpaired) electrons. The van der Waals surface area contributed by atoms with Gasteiger partial charge in [0.25, 0.3) is 0 Å². The third-order valence-electron chi connectivity index (χ3n) is 7.71. The number of nitrogens with zero attached hydrogens (tertiary/aromatic N) is 4.